The fourth-order valence-corrected chi connectivity index (χ4v) is 2.80. The van der Waals surface area contributed by atoms with Crippen LogP contribution in [0, 0.1) is 0 Å². The van der Waals surface area contributed by atoms with Gasteiger partial charge < -0.3 is 24.8 Å². The summed E-state index contributed by atoms with van der Waals surface area (Å²) in [5.41, 5.74) is 1.27. The predicted molar refractivity (Wildman–Crippen MR) is 96.4 cm³/mol. The molecule has 9 heteroatoms. The summed E-state index contributed by atoms with van der Waals surface area (Å²) in [4.78, 5) is 25.5. The number of carbonyl (C=O) groups excluding carboxylic acids is 2. The molecule has 1 aromatic heterocycles. The Morgan fingerprint density at radius 3 is 2.96 bits per heavy atom. The van der Waals surface area contributed by atoms with E-state index in [0.717, 1.165) is 12.4 Å². The smallest absolute Gasteiger partial charge is 0.319 e. The van der Waals surface area contributed by atoms with Gasteiger partial charge in [0.05, 0.1) is 5.69 Å². The molecule has 1 aliphatic rings. The van der Waals surface area contributed by atoms with Crippen LogP contribution in [0.3, 0.4) is 0 Å². The van der Waals surface area contributed by atoms with E-state index in [0.29, 0.717) is 30.1 Å². The zero-order valence-corrected chi connectivity index (χ0v) is 15.0. The minimum Gasteiger partial charge on any atom is -0.479 e. The first kappa shape index (κ1) is 17.7. The largest absolute Gasteiger partial charge is 0.479 e. The van der Waals surface area contributed by atoms with E-state index in [-0.39, 0.29) is 11.9 Å². The Bertz CT molecular complexity index is 819. The topological polar surface area (TPSA) is 101 Å². The first-order valence-corrected chi connectivity index (χ1v) is 8.49. The number of rotatable bonds is 5. The van der Waals surface area contributed by atoms with E-state index < -0.39 is 6.10 Å². The van der Waals surface area contributed by atoms with Gasteiger partial charge in [-0.3, -0.25) is 4.79 Å². The Morgan fingerprint density at radius 2 is 2.19 bits per heavy atom. The van der Waals surface area contributed by atoms with Gasteiger partial charge in [-0.05, 0) is 26.0 Å². The van der Waals surface area contributed by atoms with Gasteiger partial charge in [0.15, 0.2) is 6.10 Å². The van der Waals surface area contributed by atoms with E-state index in [1.807, 2.05) is 11.5 Å². The van der Waals surface area contributed by atoms with Crippen molar-refractivity contribution in [2.75, 3.05) is 23.8 Å². The molecule has 0 spiro atoms. The molecular formula is C17H22N6O3. The molecule has 0 bridgehead atoms. The molecule has 138 valence electrons. The van der Waals surface area contributed by atoms with Crippen molar-refractivity contribution in [3.8, 4) is 5.75 Å². The van der Waals surface area contributed by atoms with Crippen LogP contribution in [-0.4, -0.2) is 46.4 Å². The van der Waals surface area contributed by atoms with Gasteiger partial charge in [-0.1, -0.05) is 0 Å². The van der Waals surface area contributed by atoms with Crippen molar-refractivity contribution in [1.82, 2.24) is 20.1 Å². The Balaban J connectivity index is 1.56. The number of hydrogen-bond donors (Lipinski definition) is 2. The number of amides is 3. The average Bonchev–Trinajstić information content (AvgIpc) is 3.07. The van der Waals surface area contributed by atoms with Gasteiger partial charge in [-0.25, -0.2) is 4.79 Å². The van der Waals surface area contributed by atoms with Gasteiger partial charge in [0.25, 0.3) is 5.91 Å². The lowest BCUT2D eigenvalue weighted by Crippen LogP contribution is -2.42. The number of urea groups is 1. The summed E-state index contributed by atoms with van der Waals surface area (Å²) in [5, 5.41) is 13.4. The monoisotopic (exact) mass is 358 g/mol. The van der Waals surface area contributed by atoms with Crippen LogP contribution < -0.4 is 20.3 Å². The molecule has 1 unspecified atom stereocenters. The number of aromatic nitrogens is 3. The Hall–Kier alpha value is -3.10. The number of anilines is 2. The molecule has 2 heterocycles. The fraction of sp³-hybridized carbons (Fsp3) is 0.412. The normalized spacial score (nSPS) is 16.0. The first-order valence-electron chi connectivity index (χ1n) is 8.49. The molecule has 2 N–H and O–H groups in total. The van der Waals surface area contributed by atoms with Gasteiger partial charge >= 0.3 is 6.03 Å². The van der Waals surface area contributed by atoms with Crippen molar-refractivity contribution in [1.29, 1.82) is 0 Å². The van der Waals surface area contributed by atoms with E-state index in [1.165, 1.54) is 0 Å². The molecule has 9 nitrogen and oxygen atoms in total. The van der Waals surface area contributed by atoms with Crippen LogP contribution in [0.2, 0.25) is 0 Å². The number of hydrogen-bond acceptors (Lipinski definition) is 5. The summed E-state index contributed by atoms with van der Waals surface area (Å²) in [6.07, 6.45) is 1.72. The second kappa shape index (κ2) is 7.42. The predicted octanol–water partition coefficient (Wildman–Crippen LogP) is 1.41. The van der Waals surface area contributed by atoms with Gasteiger partial charge in [0.1, 0.15) is 17.9 Å². The van der Waals surface area contributed by atoms with E-state index >= 15 is 0 Å². The number of ether oxygens (including phenoxy) is 1. The highest BCUT2D eigenvalue weighted by Gasteiger charge is 2.28. The molecule has 0 aliphatic carbocycles. The molecule has 1 aromatic carbocycles. The standard InChI is InChI=1S/C17H22N6O3/c1-4-23-10-19-21-15(23)7-8-18-17(25)20-12-5-6-13-14(9-12)26-11(2)16(24)22(13)3/h5-6,9-11H,4,7-8H2,1-3H3,(H2,18,20,25). The molecular weight excluding hydrogens is 336 g/mol. The summed E-state index contributed by atoms with van der Waals surface area (Å²) < 4.78 is 7.54. The highest BCUT2D eigenvalue weighted by atomic mass is 16.5. The molecule has 3 amide bonds. The molecule has 3 rings (SSSR count). The van der Waals surface area contributed by atoms with E-state index in [9.17, 15) is 9.59 Å². The summed E-state index contributed by atoms with van der Waals surface area (Å²) >= 11 is 0. The lowest BCUT2D eigenvalue weighted by Gasteiger charge is -2.30. The Labute approximate surface area is 151 Å². The Morgan fingerprint density at radius 1 is 1.38 bits per heavy atom. The molecule has 2 aromatic rings. The van der Waals surface area contributed by atoms with Crippen LogP contribution in [0.1, 0.15) is 19.7 Å². The molecule has 0 saturated heterocycles. The number of benzene rings is 1. The molecule has 1 atom stereocenters. The van der Waals surface area contributed by atoms with Crippen LogP contribution in [0.15, 0.2) is 24.5 Å². The first-order chi connectivity index (χ1) is 12.5. The zero-order valence-electron chi connectivity index (χ0n) is 15.0. The number of carbonyl (C=O) groups is 2. The van der Waals surface area contributed by atoms with Crippen molar-refractivity contribution in [2.45, 2.75) is 32.9 Å². The molecule has 26 heavy (non-hydrogen) atoms. The van der Waals surface area contributed by atoms with Crippen LogP contribution in [0.25, 0.3) is 0 Å². The maximum atomic E-state index is 12.1. The van der Waals surface area contributed by atoms with Crippen molar-refractivity contribution in [3.05, 3.63) is 30.4 Å². The van der Waals surface area contributed by atoms with Gasteiger partial charge in [0.2, 0.25) is 0 Å². The Kier molecular flexibility index (Phi) is 5.06. The van der Waals surface area contributed by atoms with Crippen molar-refractivity contribution < 1.29 is 14.3 Å². The third-order valence-electron chi connectivity index (χ3n) is 4.23. The summed E-state index contributed by atoms with van der Waals surface area (Å²) in [5.74, 6) is 1.29. The lowest BCUT2D eigenvalue weighted by atomic mass is 10.2. The second-order valence-electron chi connectivity index (χ2n) is 6.00. The number of nitrogens with one attached hydrogen (secondary N) is 2. The average molecular weight is 358 g/mol. The molecule has 1 aliphatic heterocycles. The summed E-state index contributed by atoms with van der Waals surface area (Å²) in [6, 6.07) is 4.87. The van der Waals surface area contributed by atoms with Crippen LogP contribution >= 0.6 is 0 Å². The maximum absolute atomic E-state index is 12.1. The van der Waals surface area contributed by atoms with Crippen molar-refractivity contribution in [2.24, 2.45) is 0 Å². The number of aryl methyl sites for hydroxylation is 1. The fourth-order valence-electron chi connectivity index (χ4n) is 2.80. The molecule has 0 fully saturated rings. The van der Waals surface area contributed by atoms with Gasteiger partial charge in [-0.2, -0.15) is 0 Å². The quantitative estimate of drug-likeness (QED) is 0.841. The molecule has 0 saturated carbocycles. The van der Waals surface area contributed by atoms with Crippen molar-refractivity contribution in [3.63, 3.8) is 0 Å². The SMILES string of the molecule is CCn1cnnc1CCNC(=O)Nc1ccc2c(c1)OC(C)C(=O)N2C. The second-order valence-corrected chi connectivity index (χ2v) is 6.00. The maximum Gasteiger partial charge on any atom is 0.319 e. The highest BCUT2D eigenvalue weighted by Crippen LogP contribution is 2.35. The zero-order chi connectivity index (χ0) is 18.7. The third kappa shape index (κ3) is 3.61. The number of nitrogens with zero attached hydrogens (tertiary/aromatic N) is 4. The van der Waals surface area contributed by atoms with Crippen molar-refractivity contribution >= 4 is 23.3 Å². The number of fused-ring (bicyclic) bond motifs is 1. The van der Waals surface area contributed by atoms with E-state index in [4.69, 9.17) is 4.74 Å². The van der Waals surface area contributed by atoms with Gasteiger partial charge in [0, 0.05) is 38.3 Å². The van der Waals surface area contributed by atoms with Gasteiger partial charge in [-0.15, -0.1) is 10.2 Å². The summed E-state index contributed by atoms with van der Waals surface area (Å²) in [6.45, 7) is 4.94. The van der Waals surface area contributed by atoms with Crippen LogP contribution in [-0.2, 0) is 17.8 Å². The summed E-state index contributed by atoms with van der Waals surface area (Å²) in [7, 11) is 1.70. The third-order valence-corrected chi connectivity index (χ3v) is 4.23. The number of likely N-dealkylation sites (N-methyl/N-ethyl adjacent to an activating group) is 1. The highest BCUT2D eigenvalue weighted by molar-refractivity contribution is 6.00. The van der Waals surface area contributed by atoms with Crippen LogP contribution in [0.5, 0.6) is 5.75 Å². The van der Waals surface area contributed by atoms with E-state index in [2.05, 4.69) is 20.8 Å². The minimum absolute atomic E-state index is 0.101. The van der Waals surface area contributed by atoms with Crippen LogP contribution in [0.4, 0.5) is 16.2 Å². The minimum atomic E-state index is -0.549. The van der Waals surface area contributed by atoms with E-state index in [1.54, 1.807) is 43.4 Å². The lowest BCUT2D eigenvalue weighted by molar-refractivity contribution is -0.125. The molecule has 0 radical (unpaired) electrons.